The van der Waals surface area contributed by atoms with Gasteiger partial charge in [0.2, 0.25) is 0 Å². The molecule has 0 spiro atoms. The second kappa shape index (κ2) is 7.82. The quantitative estimate of drug-likeness (QED) is 0.794. The minimum Gasteiger partial charge on any atom is -0.497 e. The Morgan fingerprint density at radius 2 is 1.70 bits per heavy atom. The molecular weight excluding hydrogens is 286 g/mol. The Hall–Kier alpha value is -2.29. The summed E-state index contributed by atoms with van der Waals surface area (Å²) >= 11 is 0. The highest BCUT2D eigenvalue weighted by Crippen LogP contribution is 2.27. The Morgan fingerprint density at radius 1 is 1.04 bits per heavy atom. The molecule has 1 amide bonds. The monoisotopic (exact) mass is 311 g/mol. The summed E-state index contributed by atoms with van der Waals surface area (Å²) in [4.78, 5) is 14.2. The topological polar surface area (TPSA) is 29.5 Å². The Balaban J connectivity index is 2.20. The molecule has 3 nitrogen and oxygen atoms in total. The maximum atomic E-state index is 12.4. The SMILES string of the molecule is CCN(CC)C(=O)c1ccc(C(C)c2cccc(OC)c2)cc1. The van der Waals surface area contributed by atoms with E-state index in [0.29, 0.717) is 0 Å². The fraction of sp³-hybridized carbons (Fsp3) is 0.350. The lowest BCUT2D eigenvalue weighted by Gasteiger charge is -2.19. The lowest BCUT2D eigenvalue weighted by molar-refractivity contribution is 0.0773. The van der Waals surface area contributed by atoms with Gasteiger partial charge in [-0.15, -0.1) is 0 Å². The first kappa shape index (κ1) is 17.1. The van der Waals surface area contributed by atoms with E-state index in [0.717, 1.165) is 24.4 Å². The molecule has 0 N–H and O–H groups in total. The normalized spacial score (nSPS) is 11.8. The summed E-state index contributed by atoms with van der Waals surface area (Å²) in [5.41, 5.74) is 3.14. The largest absolute Gasteiger partial charge is 0.497 e. The number of ether oxygens (including phenoxy) is 1. The zero-order valence-electron chi connectivity index (χ0n) is 14.4. The van der Waals surface area contributed by atoms with Gasteiger partial charge in [0.1, 0.15) is 5.75 Å². The van der Waals surface area contributed by atoms with Crippen molar-refractivity contribution in [3.63, 3.8) is 0 Å². The zero-order valence-corrected chi connectivity index (χ0v) is 14.4. The molecule has 0 saturated heterocycles. The Labute approximate surface area is 138 Å². The lowest BCUT2D eigenvalue weighted by Crippen LogP contribution is -2.30. The Bertz CT molecular complexity index is 645. The molecule has 2 rings (SSSR count). The molecule has 2 aromatic rings. The van der Waals surface area contributed by atoms with E-state index in [1.807, 2.05) is 55.1 Å². The molecule has 0 heterocycles. The fourth-order valence-corrected chi connectivity index (χ4v) is 2.71. The van der Waals surface area contributed by atoms with Crippen molar-refractivity contribution in [2.75, 3.05) is 20.2 Å². The third-order valence-corrected chi connectivity index (χ3v) is 4.30. The van der Waals surface area contributed by atoms with Crippen molar-refractivity contribution in [2.45, 2.75) is 26.7 Å². The van der Waals surface area contributed by atoms with Crippen molar-refractivity contribution in [3.05, 3.63) is 65.2 Å². The van der Waals surface area contributed by atoms with Gasteiger partial charge in [0.25, 0.3) is 5.91 Å². The molecule has 1 unspecified atom stereocenters. The maximum absolute atomic E-state index is 12.4. The molecule has 0 aliphatic carbocycles. The number of carbonyl (C=O) groups excluding carboxylic acids is 1. The summed E-state index contributed by atoms with van der Waals surface area (Å²) in [5.74, 6) is 1.21. The number of amides is 1. The first-order valence-corrected chi connectivity index (χ1v) is 8.13. The molecule has 0 aliphatic rings. The minimum absolute atomic E-state index is 0.0931. The molecule has 0 bridgehead atoms. The third-order valence-electron chi connectivity index (χ3n) is 4.30. The number of rotatable bonds is 6. The van der Waals surface area contributed by atoms with Crippen LogP contribution in [0, 0.1) is 0 Å². The summed E-state index contributed by atoms with van der Waals surface area (Å²) in [5, 5.41) is 0. The van der Waals surface area contributed by atoms with Gasteiger partial charge >= 0.3 is 0 Å². The summed E-state index contributed by atoms with van der Waals surface area (Å²) in [6.45, 7) is 7.63. The summed E-state index contributed by atoms with van der Waals surface area (Å²) in [6.07, 6.45) is 0. The first-order valence-electron chi connectivity index (χ1n) is 8.13. The minimum atomic E-state index is 0.0931. The molecule has 0 saturated carbocycles. The van der Waals surface area contributed by atoms with Crippen LogP contribution in [0.4, 0.5) is 0 Å². The molecule has 0 radical (unpaired) electrons. The molecule has 23 heavy (non-hydrogen) atoms. The van der Waals surface area contributed by atoms with Gasteiger partial charge in [-0.1, -0.05) is 31.2 Å². The Kier molecular flexibility index (Phi) is 5.80. The number of carbonyl (C=O) groups is 1. The van der Waals surface area contributed by atoms with Gasteiger partial charge in [-0.3, -0.25) is 4.79 Å². The van der Waals surface area contributed by atoms with Gasteiger partial charge in [-0.05, 0) is 49.2 Å². The van der Waals surface area contributed by atoms with Crippen LogP contribution in [0.5, 0.6) is 5.75 Å². The van der Waals surface area contributed by atoms with E-state index in [4.69, 9.17) is 4.74 Å². The van der Waals surface area contributed by atoms with E-state index in [1.165, 1.54) is 11.1 Å². The van der Waals surface area contributed by atoms with Gasteiger partial charge in [-0.2, -0.15) is 0 Å². The lowest BCUT2D eigenvalue weighted by atomic mass is 9.92. The summed E-state index contributed by atoms with van der Waals surface area (Å²) in [7, 11) is 1.68. The molecule has 2 aromatic carbocycles. The molecule has 122 valence electrons. The number of benzene rings is 2. The van der Waals surface area contributed by atoms with Crippen LogP contribution in [0.15, 0.2) is 48.5 Å². The van der Waals surface area contributed by atoms with E-state index in [-0.39, 0.29) is 11.8 Å². The second-order valence-corrected chi connectivity index (χ2v) is 5.60. The Morgan fingerprint density at radius 3 is 2.26 bits per heavy atom. The van der Waals surface area contributed by atoms with E-state index in [1.54, 1.807) is 7.11 Å². The van der Waals surface area contributed by atoms with Crippen molar-refractivity contribution < 1.29 is 9.53 Å². The van der Waals surface area contributed by atoms with Crippen LogP contribution in [-0.2, 0) is 0 Å². The predicted molar refractivity (Wildman–Crippen MR) is 94.2 cm³/mol. The van der Waals surface area contributed by atoms with E-state index >= 15 is 0 Å². The zero-order chi connectivity index (χ0) is 16.8. The van der Waals surface area contributed by atoms with Gasteiger partial charge in [0.15, 0.2) is 0 Å². The number of nitrogens with zero attached hydrogens (tertiary/aromatic N) is 1. The van der Waals surface area contributed by atoms with Crippen molar-refractivity contribution >= 4 is 5.91 Å². The van der Waals surface area contributed by atoms with Crippen LogP contribution in [0.3, 0.4) is 0 Å². The summed E-state index contributed by atoms with van der Waals surface area (Å²) < 4.78 is 5.29. The van der Waals surface area contributed by atoms with Crippen LogP contribution >= 0.6 is 0 Å². The summed E-state index contributed by atoms with van der Waals surface area (Å²) in [6, 6.07) is 16.0. The average Bonchev–Trinajstić information content (AvgIpc) is 2.62. The highest BCUT2D eigenvalue weighted by Gasteiger charge is 2.14. The molecule has 0 aromatic heterocycles. The third kappa shape index (κ3) is 3.92. The van der Waals surface area contributed by atoms with Gasteiger partial charge in [-0.25, -0.2) is 0 Å². The number of hydrogen-bond donors (Lipinski definition) is 0. The number of methoxy groups -OCH3 is 1. The smallest absolute Gasteiger partial charge is 0.253 e. The van der Waals surface area contributed by atoms with E-state index < -0.39 is 0 Å². The van der Waals surface area contributed by atoms with Crippen molar-refractivity contribution in [1.29, 1.82) is 0 Å². The molecule has 1 atom stereocenters. The molecule has 3 heteroatoms. The van der Waals surface area contributed by atoms with Crippen LogP contribution in [-0.4, -0.2) is 31.0 Å². The van der Waals surface area contributed by atoms with Crippen LogP contribution in [0.2, 0.25) is 0 Å². The average molecular weight is 311 g/mol. The molecular formula is C20H25NO2. The fourth-order valence-electron chi connectivity index (χ4n) is 2.71. The first-order chi connectivity index (χ1) is 11.1. The molecule has 0 aliphatic heterocycles. The molecule has 0 fully saturated rings. The van der Waals surface area contributed by atoms with Crippen LogP contribution in [0.1, 0.15) is 48.2 Å². The van der Waals surface area contributed by atoms with Crippen molar-refractivity contribution in [1.82, 2.24) is 4.90 Å². The standard InChI is InChI=1S/C20H25NO2/c1-5-21(6-2)20(22)17-12-10-16(11-13-17)15(3)18-8-7-9-19(14-18)23-4/h7-15H,5-6H2,1-4H3. The predicted octanol–water partition coefficient (Wildman–Crippen LogP) is 4.33. The highest BCUT2D eigenvalue weighted by atomic mass is 16.5. The number of hydrogen-bond acceptors (Lipinski definition) is 2. The van der Waals surface area contributed by atoms with Crippen LogP contribution < -0.4 is 4.74 Å². The highest BCUT2D eigenvalue weighted by molar-refractivity contribution is 5.94. The van der Waals surface area contributed by atoms with E-state index in [2.05, 4.69) is 19.1 Å². The maximum Gasteiger partial charge on any atom is 0.253 e. The van der Waals surface area contributed by atoms with E-state index in [9.17, 15) is 4.79 Å². The van der Waals surface area contributed by atoms with Gasteiger partial charge in [0.05, 0.1) is 7.11 Å². The van der Waals surface area contributed by atoms with Gasteiger partial charge < -0.3 is 9.64 Å². The van der Waals surface area contributed by atoms with Crippen molar-refractivity contribution in [3.8, 4) is 5.75 Å². The van der Waals surface area contributed by atoms with Crippen molar-refractivity contribution in [2.24, 2.45) is 0 Å². The van der Waals surface area contributed by atoms with Crippen LogP contribution in [0.25, 0.3) is 0 Å². The van der Waals surface area contributed by atoms with Gasteiger partial charge in [0, 0.05) is 24.6 Å². The second-order valence-electron chi connectivity index (χ2n) is 5.60.